The molecular weight excluding hydrogens is 230 g/mol. The Balaban J connectivity index is 2.25. The first-order chi connectivity index (χ1) is 8.59. The quantitative estimate of drug-likeness (QED) is 0.870. The van der Waals surface area contributed by atoms with Crippen molar-refractivity contribution in [2.45, 2.75) is 25.8 Å². The van der Waals surface area contributed by atoms with Gasteiger partial charge in [0, 0.05) is 13.5 Å². The second-order valence-electron chi connectivity index (χ2n) is 4.70. The SMILES string of the molecule is CC(=O)N1CC[C@H](C(=O)O)C[C@@H]1c1ccccc1. The number of rotatable bonds is 2. The molecule has 2 rings (SSSR count). The molecule has 4 nitrogen and oxygen atoms in total. The van der Waals surface area contributed by atoms with Crippen molar-refractivity contribution in [3.63, 3.8) is 0 Å². The fourth-order valence-electron chi connectivity index (χ4n) is 2.56. The van der Waals surface area contributed by atoms with E-state index >= 15 is 0 Å². The predicted molar refractivity (Wildman–Crippen MR) is 66.9 cm³/mol. The van der Waals surface area contributed by atoms with E-state index in [9.17, 15) is 9.59 Å². The van der Waals surface area contributed by atoms with Crippen LogP contribution in [0.2, 0.25) is 0 Å². The maximum Gasteiger partial charge on any atom is 0.306 e. The average Bonchev–Trinajstić information content (AvgIpc) is 2.39. The minimum Gasteiger partial charge on any atom is -0.481 e. The maximum atomic E-state index is 11.6. The Bertz CT molecular complexity index is 444. The third-order valence-electron chi connectivity index (χ3n) is 3.54. The number of carboxylic acid groups (broad SMARTS) is 1. The number of aliphatic carboxylic acids is 1. The van der Waals surface area contributed by atoms with Crippen molar-refractivity contribution in [1.82, 2.24) is 4.90 Å². The van der Waals surface area contributed by atoms with E-state index in [0.717, 1.165) is 5.56 Å². The molecule has 1 fully saturated rings. The van der Waals surface area contributed by atoms with Crippen molar-refractivity contribution < 1.29 is 14.7 Å². The molecule has 0 spiro atoms. The van der Waals surface area contributed by atoms with Crippen molar-refractivity contribution in [3.05, 3.63) is 35.9 Å². The van der Waals surface area contributed by atoms with Crippen LogP contribution in [-0.4, -0.2) is 28.4 Å². The first-order valence-electron chi connectivity index (χ1n) is 6.14. The molecule has 0 radical (unpaired) electrons. The van der Waals surface area contributed by atoms with Gasteiger partial charge in [0.25, 0.3) is 0 Å². The van der Waals surface area contributed by atoms with Crippen LogP contribution >= 0.6 is 0 Å². The van der Waals surface area contributed by atoms with Crippen LogP contribution < -0.4 is 0 Å². The summed E-state index contributed by atoms with van der Waals surface area (Å²) in [6.45, 7) is 2.06. The topological polar surface area (TPSA) is 57.6 Å². The van der Waals surface area contributed by atoms with Crippen molar-refractivity contribution in [3.8, 4) is 0 Å². The molecule has 1 N–H and O–H groups in total. The van der Waals surface area contributed by atoms with E-state index in [4.69, 9.17) is 5.11 Å². The highest BCUT2D eigenvalue weighted by molar-refractivity contribution is 5.75. The largest absolute Gasteiger partial charge is 0.481 e. The van der Waals surface area contributed by atoms with Gasteiger partial charge in [0.2, 0.25) is 5.91 Å². The molecule has 1 aliphatic rings. The lowest BCUT2D eigenvalue weighted by Gasteiger charge is -2.38. The van der Waals surface area contributed by atoms with Gasteiger partial charge in [-0.25, -0.2) is 0 Å². The molecule has 1 aliphatic heterocycles. The molecule has 0 saturated carbocycles. The standard InChI is InChI=1S/C14H17NO3/c1-10(16)15-8-7-12(14(17)18)9-13(15)11-5-3-2-4-6-11/h2-6,12-13H,7-9H2,1H3,(H,17,18)/t12-,13+/m0/s1. The summed E-state index contributed by atoms with van der Waals surface area (Å²) in [7, 11) is 0. The smallest absolute Gasteiger partial charge is 0.306 e. The third-order valence-corrected chi connectivity index (χ3v) is 3.54. The normalized spacial score (nSPS) is 23.7. The van der Waals surface area contributed by atoms with Crippen LogP contribution in [0.1, 0.15) is 31.4 Å². The Morgan fingerprint density at radius 3 is 2.50 bits per heavy atom. The Morgan fingerprint density at radius 1 is 1.28 bits per heavy atom. The highest BCUT2D eigenvalue weighted by Crippen LogP contribution is 2.34. The molecular formula is C14H17NO3. The monoisotopic (exact) mass is 247 g/mol. The maximum absolute atomic E-state index is 11.6. The minimum atomic E-state index is -0.765. The molecule has 1 aromatic rings. The van der Waals surface area contributed by atoms with Crippen LogP contribution in [0.15, 0.2) is 30.3 Å². The van der Waals surface area contributed by atoms with E-state index in [-0.39, 0.29) is 17.9 Å². The van der Waals surface area contributed by atoms with Crippen molar-refractivity contribution in [2.75, 3.05) is 6.54 Å². The molecule has 0 bridgehead atoms. The molecule has 1 saturated heterocycles. The molecule has 4 heteroatoms. The zero-order chi connectivity index (χ0) is 13.1. The van der Waals surface area contributed by atoms with Gasteiger partial charge in [-0.1, -0.05) is 30.3 Å². The van der Waals surface area contributed by atoms with Crippen molar-refractivity contribution in [2.24, 2.45) is 5.92 Å². The number of carbonyl (C=O) groups excluding carboxylic acids is 1. The van der Waals surface area contributed by atoms with Gasteiger partial charge < -0.3 is 10.0 Å². The van der Waals surface area contributed by atoms with E-state index in [1.54, 1.807) is 4.90 Å². The number of carbonyl (C=O) groups is 2. The number of nitrogens with zero attached hydrogens (tertiary/aromatic N) is 1. The minimum absolute atomic E-state index is 0.00712. The summed E-state index contributed by atoms with van der Waals surface area (Å²) in [5, 5.41) is 9.12. The Hall–Kier alpha value is -1.84. The van der Waals surface area contributed by atoms with Crippen LogP contribution in [0.5, 0.6) is 0 Å². The van der Waals surface area contributed by atoms with Crippen LogP contribution in [-0.2, 0) is 9.59 Å². The first-order valence-corrected chi connectivity index (χ1v) is 6.14. The number of amides is 1. The predicted octanol–water partition coefficient (Wildman–Crippen LogP) is 2.07. The molecule has 1 heterocycles. The second kappa shape index (κ2) is 5.21. The molecule has 2 atom stereocenters. The number of likely N-dealkylation sites (tertiary alicyclic amines) is 1. The highest BCUT2D eigenvalue weighted by atomic mass is 16.4. The van der Waals surface area contributed by atoms with Gasteiger partial charge in [-0.2, -0.15) is 0 Å². The highest BCUT2D eigenvalue weighted by Gasteiger charge is 2.34. The lowest BCUT2D eigenvalue weighted by atomic mass is 9.87. The van der Waals surface area contributed by atoms with Crippen LogP contribution in [0, 0.1) is 5.92 Å². The van der Waals surface area contributed by atoms with Crippen LogP contribution in [0.3, 0.4) is 0 Å². The fraction of sp³-hybridized carbons (Fsp3) is 0.429. The number of piperidine rings is 1. The lowest BCUT2D eigenvalue weighted by Crippen LogP contribution is -2.41. The van der Waals surface area contributed by atoms with Crippen molar-refractivity contribution in [1.29, 1.82) is 0 Å². The first kappa shape index (κ1) is 12.6. The zero-order valence-corrected chi connectivity index (χ0v) is 10.4. The Kier molecular flexibility index (Phi) is 3.65. The summed E-state index contributed by atoms with van der Waals surface area (Å²) in [6.07, 6.45) is 1.04. The summed E-state index contributed by atoms with van der Waals surface area (Å²) in [4.78, 5) is 24.5. The van der Waals surface area contributed by atoms with Gasteiger partial charge in [0.15, 0.2) is 0 Å². The number of carboxylic acids is 1. The van der Waals surface area contributed by atoms with Gasteiger partial charge in [-0.3, -0.25) is 9.59 Å². The third kappa shape index (κ3) is 2.53. The van der Waals surface area contributed by atoms with E-state index in [1.165, 1.54) is 6.92 Å². The van der Waals surface area contributed by atoms with Gasteiger partial charge in [-0.05, 0) is 18.4 Å². The Morgan fingerprint density at radius 2 is 1.94 bits per heavy atom. The van der Waals surface area contributed by atoms with Gasteiger partial charge in [0.05, 0.1) is 12.0 Å². The van der Waals surface area contributed by atoms with Gasteiger partial charge in [-0.15, -0.1) is 0 Å². The number of benzene rings is 1. The summed E-state index contributed by atoms with van der Waals surface area (Å²) < 4.78 is 0. The molecule has 1 aromatic carbocycles. The fourth-order valence-corrected chi connectivity index (χ4v) is 2.56. The molecule has 1 amide bonds. The molecule has 0 aliphatic carbocycles. The van der Waals surface area contributed by atoms with E-state index < -0.39 is 5.97 Å². The summed E-state index contributed by atoms with van der Waals surface area (Å²) in [5.74, 6) is -1.11. The number of hydrogen-bond donors (Lipinski definition) is 1. The summed E-state index contributed by atoms with van der Waals surface area (Å²) in [6, 6.07) is 9.53. The lowest BCUT2D eigenvalue weighted by molar-refractivity contribution is -0.147. The molecule has 0 unspecified atom stereocenters. The van der Waals surface area contributed by atoms with Gasteiger partial charge in [0.1, 0.15) is 0 Å². The molecule has 96 valence electrons. The second-order valence-corrected chi connectivity index (χ2v) is 4.70. The van der Waals surface area contributed by atoms with E-state index in [0.29, 0.717) is 19.4 Å². The summed E-state index contributed by atoms with van der Waals surface area (Å²) >= 11 is 0. The van der Waals surface area contributed by atoms with Crippen LogP contribution in [0.25, 0.3) is 0 Å². The van der Waals surface area contributed by atoms with Gasteiger partial charge >= 0.3 is 5.97 Å². The van der Waals surface area contributed by atoms with E-state index in [2.05, 4.69) is 0 Å². The molecule has 18 heavy (non-hydrogen) atoms. The van der Waals surface area contributed by atoms with E-state index in [1.807, 2.05) is 30.3 Å². The van der Waals surface area contributed by atoms with Crippen LogP contribution in [0.4, 0.5) is 0 Å². The Labute approximate surface area is 106 Å². The molecule has 0 aromatic heterocycles. The summed E-state index contributed by atoms with van der Waals surface area (Å²) in [5.41, 5.74) is 1.01. The average molecular weight is 247 g/mol. The zero-order valence-electron chi connectivity index (χ0n) is 10.4. The van der Waals surface area contributed by atoms with Crippen molar-refractivity contribution >= 4 is 11.9 Å². The number of hydrogen-bond acceptors (Lipinski definition) is 2.